The van der Waals surface area contributed by atoms with Gasteiger partial charge >= 0.3 is 0 Å². The van der Waals surface area contributed by atoms with Crippen LogP contribution in [0.5, 0.6) is 5.75 Å². The summed E-state index contributed by atoms with van der Waals surface area (Å²) in [5.74, 6) is 0.942. The highest BCUT2D eigenvalue weighted by Crippen LogP contribution is 2.27. The molecule has 0 fully saturated rings. The molecular weight excluding hydrogens is 310 g/mol. The van der Waals surface area contributed by atoms with E-state index >= 15 is 0 Å². The molecule has 128 valence electrons. The van der Waals surface area contributed by atoms with Crippen LogP contribution in [-0.4, -0.2) is 12.0 Å². The first-order valence-electron chi connectivity index (χ1n) is 8.60. The summed E-state index contributed by atoms with van der Waals surface area (Å²) in [5.41, 5.74) is 1.91. The number of carbonyl (C=O) groups is 1. The van der Waals surface area contributed by atoms with Gasteiger partial charge in [-0.2, -0.15) is 0 Å². The van der Waals surface area contributed by atoms with Gasteiger partial charge in [-0.15, -0.1) is 0 Å². The van der Waals surface area contributed by atoms with Crippen LogP contribution < -0.4 is 10.1 Å². The van der Waals surface area contributed by atoms with Crippen molar-refractivity contribution in [1.82, 2.24) is 0 Å². The lowest BCUT2D eigenvalue weighted by Gasteiger charge is -2.19. The molecule has 0 aliphatic rings. The molecule has 3 nitrogen and oxygen atoms in total. The molecule has 0 unspecified atom stereocenters. The number of fused-ring (bicyclic) bond motifs is 1. The normalized spacial score (nSPS) is 12.2. The van der Waals surface area contributed by atoms with Crippen molar-refractivity contribution in [2.24, 2.45) is 0 Å². The first kappa shape index (κ1) is 17.0. The van der Waals surface area contributed by atoms with Crippen LogP contribution in [0.2, 0.25) is 0 Å². The van der Waals surface area contributed by atoms with E-state index < -0.39 is 6.10 Å². The summed E-state index contributed by atoms with van der Waals surface area (Å²) in [6.07, 6.45) is -0.584. The van der Waals surface area contributed by atoms with Gasteiger partial charge in [-0.25, -0.2) is 0 Å². The Balaban J connectivity index is 1.77. The second kappa shape index (κ2) is 7.39. The Labute approximate surface area is 148 Å². The van der Waals surface area contributed by atoms with Gasteiger partial charge in [-0.3, -0.25) is 4.79 Å². The van der Waals surface area contributed by atoms with Crippen molar-refractivity contribution >= 4 is 22.4 Å². The maximum atomic E-state index is 12.6. The Bertz CT molecular complexity index is 881. The summed E-state index contributed by atoms with van der Waals surface area (Å²) in [4.78, 5) is 12.6. The fourth-order valence-electron chi connectivity index (χ4n) is 2.88. The monoisotopic (exact) mass is 333 g/mol. The number of anilines is 1. The molecule has 3 rings (SSSR count). The zero-order valence-electron chi connectivity index (χ0n) is 14.8. The van der Waals surface area contributed by atoms with Crippen LogP contribution >= 0.6 is 0 Å². The fourth-order valence-corrected chi connectivity index (χ4v) is 2.88. The average molecular weight is 333 g/mol. The number of carbonyl (C=O) groups excluding carboxylic acids is 1. The largest absolute Gasteiger partial charge is 0.481 e. The molecule has 3 aromatic rings. The van der Waals surface area contributed by atoms with Crippen LogP contribution in [0.15, 0.2) is 66.7 Å². The van der Waals surface area contributed by atoms with E-state index in [1.54, 1.807) is 6.92 Å². The van der Waals surface area contributed by atoms with E-state index in [2.05, 4.69) is 19.2 Å². The number of hydrogen-bond donors (Lipinski definition) is 1. The minimum Gasteiger partial charge on any atom is -0.481 e. The number of amides is 1. The Morgan fingerprint density at radius 1 is 0.880 bits per heavy atom. The summed E-state index contributed by atoms with van der Waals surface area (Å²) in [5, 5.41) is 5.11. The van der Waals surface area contributed by atoms with Crippen LogP contribution in [0.1, 0.15) is 32.3 Å². The number of benzene rings is 3. The lowest BCUT2D eigenvalue weighted by Crippen LogP contribution is -2.30. The third-order valence-corrected chi connectivity index (χ3v) is 4.26. The molecule has 0 aromatic heterocycles. The summed E-state index contributed by atoms with van der Waals surface area (Å²) in [6.45, 7) is 6.00. The first-order valence-corrected chi connectivity index (χ1v) is 8.60. The summed E-state index contributed by atoms with van der Waals surface area (Å²) < 4.78 is 5.94. The van der Waals surface area contributed by atoms with Gasteiger partial charge in [0.2, 0.25) is 0 Å². The maximum absolute atomic E-state index is 12.6. The summed E-state index contributed by atoms with van der Waals surface area (Å²) in [7, 11) is 0. The van der Waals surface area contributed by atoms with E-state index in [-0.39, 0.29) is 5.91 Å². The number of hydrogen-bond acceptors (Lipinski definition) is 2. The fraction of sp³-hybridized carbons (Fsp3) is 0.227. The highest BCUT2D eigenvalue weighted by molar-refractivity contribution is 6.03. The molecule has 1 N–H and O–H groups in total. The summed E-state index contributed by atoms with van der Waals surface area (Å²) >= 11 is 0. The van der Waals surface area contributed by atoms with Gasteiger partial charge in [0.15, 0.2) is 6.10 Å². The van der Waals surface area contributed by atoms with E-state index in [0.29, 0.717) is 5.92 Å². The topological polar surface area (TPSA) is 38.3 Å². The molecule has 25 heavy (non-hydrogen) atoms. The number of nitrogens with one attached hydrogen (secondary N) is 1. The van der Waals surface area contributed by atoms with E-state index in [4.69, 9.17) is 4.74 Å². The Morgan fingerprint density at radius 2 is 1.56 bits per heavy atom. The van der Waals surface area contributed by atoms with Gasteiger partial charge in [0.1, 0.15) is 5.75 Å². The van der Waals surface area contributed by atoms with E-state index in [9.17, 15) is 4.79 Å². The number of para-hydroxylation sites is 1. The first-order chi connectivity index (χ1) is 12.1. The Morgan fingerprint density at radius 3 is 2.36 bits per heavy atom. The maximum Gasteiger partial charge on any atom is 0.265 e. The lowest BCUT2D eigenvalue weighted by molar-refractivity contribution is -0.122. The second-order valence-electron chi connectivity index (χ2n) is 6.47. The van der Waals surface area contributed by atoms with Crippen LogP contribution in [0.3, 0.4) is 0 Å². The zero-order valence-corrected chi connectivity index (χ0v) is 14.8. The van der Waals surface area contributed by atoms with Gasteiger partial charge in [0.25, 0.3) is 5.91 Å². The molecule has 0 saturated carbocycles. The number of ether oxygens (including phenoxy) is 1. The van der Waals surface area contributed by atoms with E-state index in [1.165, 1.54) is 0 Å². The van der Waals surface area contributed by atoms with Gasteiger partial charge < -0.3 is 10.1 Å². The standard InChI is InChI=1S/C22H23NO2/c1-15(2)18-11-6-7-14-21(18)25-16(3)22(24)23-20-13-8-10-17-9-4-5-12-19(17)20/h4-16H,1-3H3,(H,23,24)/t16-/m1/s1. The van der Waals surface area contributed by atoms with E-state index in [1.807, 2.05) is 66.7 Å². The molecule has 0 aliphatic carbocycles. The molecule has 0 saturated heterocycles. The third kappa shape index (κ3) is 3.82. The zero-order chi connectivity index (χ0) is 17.8. The van der Waals surface area contributed by atoms with Gasteiger partial charge in [0.05, 0.1) is 0 Å². The molecule has 0 radical (unpaired) electrons. The predicted octanol–water partition coefficient (Wildman–Crippen LogP) is 5.37. The highest BCUT2D eigenvalue weighted by atomic mass is 16.5. The van der Waals surface area contributed by atoms with E-state index in [0.717, 1.165) is 27.8 Å². The van der Waals surface area contributed by atoms with Crippen molar-refractivity contribution in [2.45, 2.75) is 32.8 Å². The van der Waals surface area contributed by atoms with Crippen molar-refractivity contribution in [2.75, 3.05) is 5.32 Å². The van der Waals surface area contributed by atoms with Crippen molar-refractivity contribution in [3.63, 3.8) is 0 Å². The lowest BCUT2D eigenvalue weighted by atomic mass is 10.0. The van der Waals surface area contributed by atoms with Crippen molar-refractivity contribution in [3.8, 4) is 5.75 Å². The summed E-state index contributed by atoms with van der Waals surface area (Å²) in [6, 6.07) is 21.7. The molecule has 1 atom stereocenters. The Kier molecular flexibility index (Phi) is 5.03. The van der Waals surface area contributed by atoms with Crippen LogP contribution in [0.25, 0.3) is 10.8 Å². The molecular formula is C22H23NO2. The Hall–Kier alpha value is -2.81. The van der Waals surface area contributed by atoms with Crippen LogP contribution in [-0.2, 0) is 4.79 Å². The second-order valence-corrected chi connectivity index (χ2v) is 6.47. The molecule has 0 heterocycles. The quantitative estimate of drug-likeness (QED) is 0.682. The predicted molar refractivity (Wildman–Crippen MR) is 103 cm³/mol. The molecule has 0 aliphatic heterocycles. The number of rotatable bonds is 5. The van der Waals surface area contributed by atoms with Gasteiger partial charge in [0, 0.05) is 11.1 Å². The smallest absolute Gasteiger partial charge is 0.265 e. The van der Waals surface area contributed by atoms with Crippen molar-refractivity contribution in [1.29, 1.82) is 0 Å². The minimum atomic E-state index is -0.584. The molecule has 0 bridgehead atoms. The van der Waals surface area contributed by atoms with Crippen molar-refractivity contribution < 1.29 is 9.53 Å². The SMILES string of the molecule is CC(C)c1ccccc1O[C@H](C)C(=O)Nc1cccc2ccccc12. The van der Waals surface area contributed by atoms with Crippen LogP contribution in [0.4, 0.5) is 5.69 Å². The van der Waals surface area contributed by atoms with Gasteiger partial charge in [-0.1, -0.05) is 68.4 Å². The highest BCUT2D eigenvalue weighted by Gasteiger charge is 2.18. The average Bonchev–Trinajstić information content (AvgIpc) is 2.62. The van der Waals surface area contributed by atoms with Gasteiger partial charge in [-0.05, 0) is 35.9 Å². The third-order valence-electron chi connectivity index (χ3n) is 4.26. The molecule has 0 spiro atoms. The van der Waals surface area contributed by atoms with Crippen molar-refractivity contribution in [3.05, 3.63) is 72.3 Å². The molecule has 3 heteroatoms. The molecule has 3 aromatic carbocycles. The molecule has 1 amide bonds. The van der Waals surface area contributed by atoms with Crippen LogP contribution in [0, 0.1) is 0 Å². The minimum absolute atomic E-state index is 0.157.